The number of hydrogen-bond acceptors (Lipinski definition) is 6. The fourth-order valence-electron chi connectivity index (χ4n) is 2.06. The van der Waals surface area contributed by atoms with Crippen molar-refractivity contribution in [1.29, 1.82) is 0 Å². The van der Waals surface area contributed by atoms with Gasteiger partial charge in [-0.1, -0.05) is 5.92 Å². The highest BCUT2D eigenvalue weighted by Gasteiger charge is 2.46. The van der Waals surface area contributed by atoms with Crippen LogP contribution >= 0.6 is 11.5 Å². The number of nitrogens with zero attached hydrogens (tertiary/aromatic N) is 1. The zero-order valence-electron chi connectivity index (χ0n) is 14.9. The zero-order valence-corrected chi connectivity index (χ0v) is 15.8. The van der Waals surface area contributed by atoms with E-state index in [1.165, 1.54) is 35.8 Å². The van der Waals surface area contributed by atoms with Gasteiger partial charge in [0.25, 0.3) is 18.2 Å². The predicted molar refractivity (Wildman–Crippen MR) is 100 cm³/mol. The van der Waals surface area contributed by atoms with Gasteiger partial charge in [-0.25, -0.2) is 14.3 Å². The summed E-state index contributed by atoms with van der Waals surface area (Å²) in [7, 11) is 0. The van der Waals surface area contributed by atoms with Crippen molar-refractivity contribution in [3.63, 3.8) is 0 Å². The number of rotatable bonds is 5. The van der Waals surface area contributed by atoms with Gasteiger partial charge in [0.1, 0.15) is 6.04 Å². The molecule has 0 saturated heterocycles. The quantitative estimate of drug-likeness (QED) is 0.330. The molecule has 7 nitrogen and oxygen atoms in total. The Morgan fingerprint density at radius 1 is 1.17 bits per heavy atom. The first-order valence-corrected chi connectivity index (χ1v) is 8.81. The number of aliphatic hydroxyl groups is 1. The van der Waals surface area contributed by atoms with Crippen LogP contribution in [-0.2, 0) is 4.79 Å². The van der Waals surface area contributed by atoms with E-state index >= 15 is 0 Å². The summed E-state index contributed by atoms with van der Waals surface area (Å²) in [6.45, 7) is 0.670. The van der Waals surface area contributed by atoms with Crippen LogP contribution in [0.15, 0.2) is 36.5 Å². The first-order valence-electron chi connectivity index (χ1n) is 8.03. The molecule has 0 spiro atoms. The molecule has 0 aliphatic carbocycles. The number of halogens is 2. The van der Waals surface area contributed by atoms with Gasteiger partial charge in [-0.2, -0.15) is 4.37 Å². The lowest BCUT2D eigenvalue weighted by molar-refractivity contribution is -0.149. The molecular formula is C19H15F2N3O4S. The second-order valence-corrected chi connectivity index (χ2v) is 6.70. The third-order valence-corrected chi connectivity index (χ3v) is 4.38. The van der Waals surface area contributed by atoms with E-state index in [0.717, 1.165) is 10.4 Å². The monoisotopic (exact) mass is 419 g/mol. The van der Waals surface area contributed by atoms with Crippen molar-refractivity contribution < 1.29 is 28.7 Å². The van der Waals surface area contributed by atoms with Crippen LogP contribution in [0.1, 0.15) is 27.7 Å². The third kappa shape index (κ3) is 5.83. The summed E-state index contributed by atoms with van der Waals surface area (Å²) in [5.41, 5.74) is -1.17. The number of hydroxylamine groups is 1. The Bertz CT molecular complexity index is 984. The van der Waals surface area contributed by atoms with Crippen molar-refractivity contribution in [3.05, 3.63) is 52.5 Å². The number of aromatic nitrogens is 1. The van der Waals surface area contributed by atoms with Gasteiger partial charge in [-0.3, -0.25) is 14.8 Å². The van der Waals surface area contributed by atoms with Crippen LogP contribution in [0.4, 0.5) is 8.78 Å². The van der Waals surface area contributed by atoms with Crippen LogP contribution < -0.4 is 10.8 Å². The molecule has 10 heteroatoms. The molecule has 0 aliphatic heterocycles. The molecule has 0 saturated carbocycles. The van der Waals surface area contributed by atoms with E-state index in [1.807, 2.05) is 5.32 Å². The number of hydrogen-bond donors (Lipinski definition) is 4. The van der Waals surface area contributed by atoms with Gasteiger partial charge in [0.15, 0.2) is 5.60 Å². The SMILES string of the molecule is CC(O)(C(F)F)C(NC(=O)c1ccc(C#CC#Cc2ccns2)cc1)C(=O)NO. The number of benzene rings is 1. The molecule has 0 fully saturated rings. The minimum absolute atomic E-state index is 0.0344. The van der Waals surface area contributed by atoms with Gasteiger partial charge < -0.3 is 10.4 Å². The lowest BCUT2D eigenvalue weighted by Crippen LogP contribution is -2.61. The number of alkyl halides is 2. The number of amides is 2. The van der Waals surface area contributed by atoms with Crippen molar-refractivity contribution >= 4 is 23.3 Å². The Balaban J connectivity index is 2.10. The van der Waals surface area contributed by atoms with E-state index in [1.54, 1.807) is 12.3 Å². The van der Waals surface area contributed by atoms with E-state index in [-0.39, 0.29) is 5.56 Å². The number of nitrogens with one attached hydrogen (secondary N) is 2. The van der Waals surface area contributed by atoms with Crippen LogP contribution in [0.3, 0.4) is 0 Å². The molecule has 0 radical (unpaired) electrons. The highest BCUT2D eigenvalue weighted by molar-refractivity contribution is 7.06. The standard InChI is InChI=1S/C19H15F2N3O4S/c1-19(27,18(20)21)15(17(26)24-28)23-16(25)13-8-6-12(7-9-13)4-2-3-5-14-10-11-22-29-14/h6-11,15,18,27-28H,1H3,(H,23,25)(H,24,26). The molecule has 1 aromatic carbocycles. The molecule has 0 aliphatic rings. The number of carbonyl (C=O) groups is 2. The molecule has 2 atom stereocenters. The summed E-state index contributed by atoms with van der Waals surface area (Å²) in [4.78, 5) is 24.6. The van der Waals surface area contributed by atoms with Gasteiger partial charge >= 0.3 is 0 Å². The second-order valence-electron chi connectivity index (χ2n) is 5.86. The lowest BCUT2D eigenvalue weighted by Gasteiger charge is -2.30. The summed E-state index contributed by atoms with van der Waals surface area (Å²) in [5, 5.41) is 20.5. The predicted octanol–water partition coefficient (Wildman–Crippen LogP) is 1.17. The van der Waals surface area contributed by atoms with Crippen LogP contribution in [-0.4, -0.2) is 44.6 Å². The molecule has 2 rings (SSSR count). The zero-order chi connectivity index (χ0) is 21.4. The van der Waals surface area contributed by atoms with Crippen molar-refractivity contribution in [2.75, 3.05) is 0 Å². The molecule has 2 amide bonds. The summed E-state index contributed by atoms with van der Waals surface area (Å²) in [6, 6.07) is 5.40. The van der Waals surface area contributed by atoms with Crippen molar-refractivity contribution in [2.24, 2.45) is 0 Å². The molecule has 29 heavy (non-hydrogen) atoms. The molecule has 1 aromatic heterocycles. The van der Waals surface area contributed by atoms with Gasteiger partial charge in [-0.15, -0.1) is 0 Å². The maximum Gasteiger partial charge on any atom is 0.269 e. The van der Waals surface area contributed by atoms with Crippen LogP contribution in [0.25, 0.3) is 0 Å². The van der Waals surface area contributed by atoms with Crippen LogP contribution in [0, 0.1) is 23.7 Å². The maximum absolute atomic E-state index is 13.0. The summed E-state index contributed by atoms with van der Waals surface area (Å²) in [6.07, 6.45) is -1.73. The average Bonchev–Trinajstić information content (AvgIpc) is 3.22. The molecule has 0 bridgehead atoms. The summed E-state index contributed by atoms with van der Waals surface area (Å²) >= 11 is 1.24. The van der Waals surface area contributed by atoms with Gasteiger partial charge in [-0.05, 0) is 66.5 Å². The van der Waals surface area contributed by atoms with Gasteiger partial charge in [0, 0.05) is 17.3 Å². The summed E-state index contributed by atoms with van der Waals surface area (Å²) in [5.74, 6) is 8.61. The fraction of sp³-hybridized carbons (Fsp3) is 0.211. The minimum Gasteiger partial charge on any atom is -0.381 e. The topological polar surface area (TPSA) is 112 Å². The first-order chi connectivity index (χ1) is 13.8. The molecule has 4 N–H and O–H groups in total. The Labute approximate surface area is 168 Å². The summed E-state index contributed by atoms with van der Waals surface area (Å²) < 4.78 is 29.9. The smallest absolute Gasteiger partial charge is 0.269 e. The normalized spacial score (nSPS) is 13.2. The van der Waals surface area contributed by atoms with Crippen LogP contribution in [0.5, 0.6) is 0 Å². The molecular weight excluding hydrogens is 404 g/mol. The van der Waals surface area contributed by atoms with Crippen molar-refractivity contribution in [1.82, 2.24) is 15.2 Å². The van der Waals surface area contributed by atoms with E-state index in [9.17, 15) is 23.5 Å². The molecule has 2 unspecified atom stereocenters. The highest BCUT2D eigenvalue weighted by atomic mass is 32.1. The van der Waals surface area contributed by atoms with Crippen LogP contribution in [0.2, 0.25) is 0 Å². The molecule has 1 heterocycles. The first kappa shape index (κ1) is 22.0. The van der Waals surface area contributed by atoms with Crippen molar-refractivity contribution in [2.45, 2.75) is 25.0 Å². The van der Waals surface area contributed by atoms with E-state index < -0.39 is 29.9 Å². The average molecular weight is 419 g/mol. The van der Waals surface area contributed by atoms with E-state index in [0.29, 0.717) is 12.5 Å². The second kappa shape index (κ2) is 9.75. The van der Waals surface area contributed by atoms with Gasteiger partial charge in [0.05, 0.1) is 4.88 Å². The van der Waals surface area contributed by atoms with Gasteiger partial charge in [0.2, 0.25) is 0 Å². The van der Waals surface area contributed by atoms with E-state index in [4.69, 9.17) is 5.21 Å². The van der Waals surface area contributed by atoms with Crippen molar-refractivity contribution in [3.8, 4) is 23.7 Å². The highest BCUT2D eigenvalue weighted by Crippen LogP contribution is 2.20. The Morgan fingerprint density at radius 3 is 2.38 bits per heavy atom. The minimum atomic E-state index is -3.35. The fourth-order valence-corrected chi connectivity index (χ4v) is 2.52. The largest absolute Gasteiger partial charge is 0.381 e. The lowest BCUT2D eigenvalue weighted by atomic mass is 9.95. The molecule has 150 valence electrons. The Hall–Kier alpha value is -3.31. The number of carbonyl (C=O) groups excluding carboxylic acids is 2. The Morgan fingerprint density at radius 2 is 1.83 bits per heavy atom. The Kier molecular flexibility index (Phi) is 7.39. The van der Waals surface area contributed by atoms with E-state index in [2.05, 4.69) is 28.1 Å². The maximum atomic E-state index is 13.0. The molecule has 2 aromatic rings. The third-order valence-electron chi connectivity index (χ3n) is 3.71.